The third kappa shape index (κ3) is 4.29. The summed E-state index contributed by atoms with van der Waals surface area (Å²) in [6.07, 6.45) is 0. The number of aromatic nitrogens is 2. The summed E-state index contributed by atoms with van der Waals surface area (Å²) < 4.78 is 6.02. The van der Waals surface area contributed by atoms with Crippen LogP contribution in [0.1, 0.15) is 5.89 Å². The molecule has 0 spiro atoms. The lowest BCUT2D eigenvalue weighted by Gasteiger charge is -2.09. The van der Waals surface area contributed by atoms with Crippen LogP contribution in [0.4, 0.5) is 5.69 Å². The SMILES string of the molecule is S=C(NCc1nc(-c2cccs2)no1)Nc1ccc(Br)c(Cl)c1. The fraction of sp³-hybridized carbons (Fsp3) is 0.0714. The lowest BCUT2D eigenvalue weighted by atomic mass is 10.3. The molecule has 2 aromatic heterocycles. The number of rotatable bonds is 4. The van der Waals surface area contributed by atoms with Crippen LogP contribution in [0.2, 0.25) is 5.02 Å². The fourth-order valence-corrected chi connectivity index (χ4v) is 3.00. The minimum Gasteiger partial charge on any atom is -0.353 e. The van der Waals surface area contributed by atoms with E-state index in [0.29, 0.717) is 28.4 Å². The Hall–Kier alpha value is -1.48. The Morgan fingerprint density at radius 3 is 3.00 bits per heavy atom. The van der Waals surface area contributed by atoms with Crippen LogP contribution in [0, 0.1) is 0 Å². The maximum Gasteiger partial charge on any atom is 0.246 e. The number of thiocarbonyl (C=S) groups is 1. The fourth-order valence-electron chi connectivity index (χ4n) is 1.74. The monoisotopic (exact) mass is 428 g/mol. The number of benzene rings is 1. The number of thiophene rings is 1. The molecule has 0 saturated carbocycles. The average molecular weight is 430 g/mol. The molecule has 0 unspecified atom stereocenters. The molecule has 2 N–H and O–H groups in total. The summed E-state index contributed by atoms with van der Waals surface area (Å²) in [7, 11) is 0. The standard InChI is InChI=1S/C14H10BrClN4OS2/c15-9-4-3-8(6-10(9)16)18-14(22)17-7-12-19-13(20-21-12)11-2-1-5-23-11/h1-6H,7H2,(H2,17,18,22). The molecule has 0 radical (unpaired) electrons. The quantitative estimate of drug-likeness (QED) is 0.586. The van der Waals surface area contributed by atoms with Gasteiger partial charge in [0.1, 0.15) is 0 Å². The molecule has 0 aliphatic rings. The van der Waals surface area contributed by atoms with Crippen LogP contribution < -0.4 is 10.6 Å². The Morgan fingerprint density at radius 1 is 1.39 bits per heavy atom. The average Bonchev–Trinajstić information content (AvgIpc) is 3.19. The van der Waals surface area contributed by atoms with Gasteiger partial charge >= 0.3 is 0 Å². The second-order valence-electron chi connectivity index (χ2n) is 4.43. The van der Waals surface area contributed by atoms with Gasteiger partial charge < -0.3 is 15.2 Å². The van der Waals surface area contributed by atoms with E-state index in [1.54, 1.807) is 17.4 Å². The Balaban J connectivity index is 1.55. The molecule has 9 heteroatoms. The minimum absolute atomic E-state index is 0.342. The predicted molar refractivity (Wildman–Crippen MR) is 99.8 cm³/mol. The molecular weight excluding hydrogens is 420 g/mol. The molecule has 0 aliphatic heterocycles. The van der Waals surface area contributed by atoms with Crippen LogP contribution in [-0.4, -0.2) is 15.3 Å². The molecule has 118 valence electrons. The second kappa shape index (κ2) is 7.39. The predicted octanol–water partition coefficient (Wildman–Crippen LogP) is 4.70. The van der Waals surface area contributed by atoms with Crippen molar-refractivity contribution in [3.05, 3.63) is 51.1 Å². The Bertz CT molecular complexity index is 822. The van der Waals surface area contributed by atoms with Crippen LogP contribution in [0.25, 0.3) is 10.7 Å². The maximum absolute atomic E-state index is 6.04. The van der Waals surface area contributed by atoms with Gasteiger partial charge in [0.2, 0.25) is 11.7 Å². The van der Waals surface area contributed by atoms with Gasteiger partial charge in [0.15, 0.2) is 5.11 Å². The van der Waals surface area contributed by atoms with Gasteiger partial charge in [0.05, 0.1) is 16.4 Å². The van der Waals surface area contributed by atoms with Gasteiger partial charge in [0.25, 0.3) is 0 Å². The van der Waals surface area contributed by atoms with Crippen LogP contribution in [0.15, 0.2) is 44.7 Å². The van der Waals surface area contributed by atoms with Crippen molar-refractivity contribution >= 4 is 61.9 Å². The highest BCUT2D eigenvalue weighted by molar-refractivity contribution is 9.10. The van der Waals surface area contributed by atoms with Crippen molar-refractivity contribution in [2.75, 3.05) is 5.32 Å². The first-order chi connectivity index (χ1) is 11.1. The number of halogens is 2. The highest BCUT2D eigenvalue weighted by Crippen LogP contribution is 2.25. The van der Waals surface area contributed by atoms with Crippen LogP contribution in [-0.2, 0) is 6.54 Å². The van der Waals surface area contributed by atoms with Crippen LogP contribution in [0.5, 0.6) is 0 Å². The van der Waals surface area contributed by atoms with Gasteiger partial charge in [-0.1, -0.05) is 22.8 Å². The Morgan fingerprint density at radius 2 is 2.26 bits per heavy atom. The highest BCUT2D eigenvalue weighted by atomic mass is 79.9. The zero-order valence-electron chi connectivity index (χ0n) is 11.5. The molecule has 2 heterocycles. The summed E-state index contributed by atoms with van der Waals surface area (Å²) in [5.74, 6) is 1.04. The topological polar surface area (TPSA) is 63.0 Å². The van der Waals surface area contributed by atoms with E-state index in [1.165, 1.54) is 0 Å². The van der Waals surface area contributed by atoms with E-state index in [4.69, 9.17) is 28.3 Å². The minimum atomic E-state index is 0.342. The van der Waals surface area contributed by atoms with E-state index < -0.39 is 0 Å². The number of nitrogens with one attached hydrogen (secondary N) is 2. The number of nitrogens with zero attached hydrogens (tertiary/aromatic N) is 2. The first-order valence-corrected chi connectivity index (χ1v) is 8.94. The van der Waals surface area contributed by atoms with Crippen LogP contribution >= 0.6 is 51.1 Å². The third-order valence-electron chi connectivity index (χ3n) is 2.79. The Kier molecular flexibility index (Phi) is 5.27. The maximum atomic E-state index is 6.04. The zero-order chi connectivity index (χ0) is 16.2. The van der Waals surface area contributed by atoms with Gasteiger partial charge in [-0.3, -0.25) is 0 Å². The third-order valence-corrected chi connectivity index (χ3v) is 5.13. The molecule has 1 aromatic carbocycles. The van der Waals surface area contributed by atoms with Crippen molar-refractivity contribution in [2.45, 2.75) is 6.54 Å². The summed E-state index contributed by atoms with van der Waals surface area (Å²) in [5.41, 5.74) is 0.792. The molecule has 0 fully saturated rings. The van der Waals surface area contributed by atoms with Crippen molar-refractivity contribution in [1.82, 2.24) is 15.5 Å². The van der Waals surface area contributed by atoms with Gasteiger partial charge in [-0.05, 0) is 57.8 Å². The smallest absolute Gasteiger partial charge is 0.246 e. The molecule has 0 amide bonds. The highest BCUT2D eigenvalue weighted by Gasteiger charge is 2.09. The molecule has 0 aliphatic carbocycles. The molecule has 0 atom stereocenters. The van der Waals surface area contributed by atoms with E-state index in [1.807, 2.05) is 29.6 Å². The van der Waals surface area contributed by atoms with E-state index in [-0.39, 0.29) is 0 Å². The van der Waals surface area contributed by atoms with Gasteiger partial charge in [-0.2, -0.15) is 4.98 Å². The van der Waals surface area contributed by atoms with E-state index in [9.17, 15) is 0 Å². The normalized spacial score (nSPS) is 10.5. The molecule has 3 rings (SSSR count). The first-order valence-electron chi connectivity index (χ1n) is 6.48. The summed E-state index contributed by atoms with van der Waals surface area (Å²) in [4.78, 5) is 5.28. The molecule has 23 heavy (non-hydrogen) atoms. The number of hydrogen-bond donors (Lipinski definition) is 2. The van der Waals surface area contributed by atoms with Crippen molar-refractivity contribution in [3.8, 4) is 10.7 Å². The molecule has 5 nitrogen and oxygen atoms in total. The zero-order valence-corrected chi connectivity index (χ0v) is 15.5. The molecule has 0 bridgehead atoms. The van der Waals surface area contributed by atoms with E-state index in [2.05, 4.69) is 36.7 Å². The van der Waals surface area contributed by atoms with Crippen molar-refractivity contribution in [1.29, 1.82) is 0 Å². The molecule has 0 saturated heterocycles. The summed E-state index contributed by atoms with van der Waals surface area (Å²) in [6, 6.07) is 9.37. The number of hydrogen-bond acceptors (Lipinski definition) is 5. The summed E-state index contributed by atoms with van der Waals surface area (Å²) in [6.45, 7) is 0.342. The van der Waals surface area contributed by atoms with E-state index >= 15 is 0 Å². The first kappa shape index (κ1) is 16.4. The number of anilines is 1. The van der Waals surface area contributed by atoms with E-state index in [0.717, 1.165) is 15.0 Å². The van der Waals surface area contributed by atoms with Crippen molar-refractivity contribution < 1.29 is 4.52 Å². The molecular formula is C14H10BrClN4OS2. The second-order valence-corrected chi connectivity index (χ2v) is 7.04. The van der Waals surface area contributed by atoms with Crippen LogP contribution in [0.3, 0.4) is 0 Å². The van der Waals surface area contributed by atoms with Crippen molar-refractivity contribution in [2.24, 2.45) is 0 Å². The summed E-state index contributed by atoms with van der Waals surface area (Å²) in [5, 5.41) is 13.0. The lowest BCUT2D eigenvalue weighted by Crippen LogP contribution is -2.28. The molecule has 3 aromatic rings. The Labute approximate surface area is 155 Å². The van der Waals surface area contributed by atoms with Gasteiger partial charge in [0, 0.05) is 10.2 Å². The van der Waals surface area contributed by atoms with Gasteiger partial charge in [-0.15, -0.1) is 11.3 Å². The van der Waals surface area contributed by atoms with Gasteiger partial charge in [-0.25, -0.2) is 0 Å². The van der Waals surface area contributed by atoms with Crippen molar-refractivity contribution in [3.63, 3.8) is 0 Å². The summed E-state index contributed by atoms with van der Waals surface area (Å²) >= 11 is 16.2. The largest absolute Gasteiger partial charge is 0.353 e. The lowest BCUT2D eigenvalue weighted by molar-refractivity contribution is 0.376.